The zero-order valence-corrected chi connectivity index (χ0v) is 36.5. The van der Waals surface area contributed by atoms with Crippen LogP contribution in [0, 0.1) is 22.7 Å². The van der Waals surface area contributed by atoms with Crippen LogP contribution in [0.15, 0.2) is 156 Å². The highest BCUT2D eigenvalue weighted by molar-refractivity contribution is 6.18. The van der Waals surface area contributed by atoms with E-state index in [1.54, 1.807) is 27.7 Å². The summed E-state index contributed by atoms with van der Waals surface area (Å²) in [5, 5.41) is 32.6. The molecule has 0 radical (unpaired) electrons. The molecule has 7 nitrogen and oxygen atoms in total. The van der Waals surface area contributed by atoms with Gasteiger partial charge in [-0.15, -0.1) is 0 Å². The normalized spacial score (nSPS) is 24.9. The van der Waals surface area contributed by atoms with E-state index < -0.39 is 22.0 Å². The molecule has 0 bridgehead atoms. The molecule has 7 heteroatoms. The third kappa shape index (κ3) is 7.96. The average Bonchev–Trinajstić information content (AvgIpc) is 3.31. The van der Waals surface area contributed by atoms with Gasteiger partial charge in [-0.25, -0.2) is 0 Å². The molecule has 2 heterocycles. The van der Waals surface area contributed by atoms with Crippen LogP contribution in [-0.4, -0.2) is 64.9 Å². The van der Waals surface area contributed by atoms with Crippen LogP contribution in [0.2, 0.25) is 0 Å². The van der Waals surface area contributed by atoms with Crippen LogP contribution < -0.4 is 10.6 Å². The molecule has 62 heavy (non-hydrogen) atoms. The second kappa shape index (κ2) is 17.5. The van der Waals surface area contributed by atoms with E-state index in [-0.39, 0.29) is 42.0 Å². The molecule has 4 N–H and O–H groups in total. The number of aliphatic hydroxyl groups is 2. The number of Topliss-reactive ketones (excluding diaryl/α,β-unsaturated/α-hetero) is 3. The van der Waals surface area contributed by atoms with Crippen molar-refractivity contribution in [3.05, 3.63) is 178 Å². The van der Waals surface area contributed by atoms with Gasteiger partial charge in [-0.1, -0.05) is 133 Å². The highest BCUT2D eigenvalue weighted by Gasteiger charge is 2.64. The fourth-order valence-corrected chi connectivity index (χ4v) is 11.2. The molecule has 2 fully saturated rings. The third-order valence-corrected chi connectivity index (χ3v) is 14.0. The number of nitrogens with one attached hydrogen (secondary N) is 2. The highest BCUT2D eigenvalue weighted by Crippen LogP contribution is 2.63. The van der Waals surface area contributed by atoms with Crippen molar-refractivity contribution >= 4 is 28.5 Å². The van der Waals surface area contributed by atoms with Crippen LogP contribution in [0.1, 0.15) is 98.1 Å². The molecule has 2 unspecified atom stereocenters. The van der Waals surface area contributed by atoms with Crippen LogP contribution in [0.3, 0.4) is 0 Å². The standard InChI is InChI=1S/C55H60N2O5/c1-52(2,61)47-31-43(37-19-9-5-10-20-37)45(49(58)39-23-13-7-14-24-39)33-54(47,41-27-17-29-56-35-41)51(60)55(42-28-18-30-57-36-42)34-46(50(59)40-25-15-8-16-26-40)44(32-48(55)53(3,4)62)38-21-11-6-12-22-38/h5-16,19-26,31-32,41-42,56-57,61-62H,17-18,27-30,33-36H2,1-4H3/t41?,42?,54-,55-/m0/s1. The first-order valence-corrected chi connectivity index (χ1v) is 22.4. The summed E-state index contributed by atoms with van der Waals surface area (Å²) in [5.41, 5.74) is 0.295. The summed E-state index contributed by atoms with van der Waals surface area (Å²) in [4.78, 5) is 48.0. The lowest BCUT2D eigenvalue weighted by atomic mass is 9.46. The maximum absolute atomic E-state index is 17.6. The van der Waals surface area contributed by atoms with Crippen molar-refractivity contribution in [1.29, 1.82) is 0 Å². The second-order valence-electron chi connectivity index (χ2n) is 18.9. The van der Waals surface area contributed by atoms with Gasteiger partial charge in [0.1, 0.15) is 0 Å². The molecule has 2 aliphatic carbocycles. The predicted octanol–water partition coefficient (Wildman–Crippen LogP) is 9.40. The lowest BCUT2D eigenvalue weighted by molar-refractivity contribution is -0.145. The molecule has 320 valence electrons. The molecule has 4 aromatic carbocycles. The SMILES string of the molecule is CC(C)(O)C1=CC(c2ccccc2)=C(C(=O)c2ccccc2)C[C@]1(C(=O)[C@]1(C2CCCNC2)CC(C(=O)c2ccccc2)=C(c2ccccc2)C=C1C(C)(C)O)C1CCCNC1. The number of benzene rings is 4. The Bertz CT molecular complexity index is 2250. The Labute approximate surface area is 366 Å². The van der Waals surface area contributed by atoms with E-state index in [9.17, 15) is 10.2 Å². The minimum atomic E-state index is -1.51. The molecule has 0 aromatic heterocycles. The van der Waals surface area contributed by atoms with E-state index in [1.165, 1.54) is 0 Å². The van der Waals surface area contributed by atoms with Crippen LogP contribution in [0.25, 0.3) is 11.1 Å². The first-order valence-electron chi connectivity index (χ1n) is 22.4. The van der Waals surface area contributed by atoms with Gasteiger partial charge in [0.05, 0.1) is 22.0 Å². The average molecular weight is 829 g/mol. The van der Waals surface area contributed by atoms with E-state index in [2.05, 4.69) is 10.6 Å². The Morgan fingerprint density at radius 3 is 1.18 bits per heavy atom. The number of hydrogen-bond acceptors (Lipinski definition) is 7. The molecule has 0 saturated carbocycles. The smallest absolute Gasteiger partial charge is 0.189 e. The first kappa shape index (κ1) is 43.3. The molecule has 8 rings (SSSR count). The van der Waals surface area contributed by atoms with Crippen molar-refractivity contribution < 1.29 is 24.6 Å². The van der Waals surface area contributed by atoms with E-state index in [0.29, 0.717) is 70.5 Å². The minimum Gasteiger partial charge on any atom is -0.386 e. The number of ketones is 3. The fourth-order valence-electron chi connectivity index (χ4n) is 11.2. The van der Waals surface area contributed by atoms with E-state index >= 15 is 14.4 Å². The van der Waals surface area contributed by atoms with Crippen molar-refractivity contribution in [3.63, 3.8) is 0 Å². The largest absolute Gasteiger partial charge is 0.386 e. The number of allylic oxidation sites excluding steroid dienone is 6. The van der Waals surface area contributed by atoms with Gasteiger partial charge in [-0.2, -0.15) is 0 Å². The summed E-state index contributed by atoms with van der Waals surface area (Å²) < 4.78 is 0. The van der Waals surface area contributed by atoms with Gasteiger partial charge in [0.2, 0.25) is 0 Å². The molecule has 2 saturated heterocycles. The van der Waals surface area contributed by atoms with Gasteiger partial charge in [0.25, 0.3) is 0 Å². The summed E-state index contributed by atoms with van der Waals surface area (Å²) in [6, 6.07) is 38.0. The number of rotatable bonds is 12. The molecule has 2 aliphatic heterocycles. The number of hydrogen-bond donors (Lipinski definition) is 4. The van der Waals surface area contributed by atoms with Gasteiger partial charge >= 0.3 is 0 Å². The van der Waals surface area contributed by atoms with Crippen LogP contribution in [-0.2, 0) is 4.79 Å². The molecule has 0 spiro atoms. The van der Waals surface area contributed by atoms with Gasteiger partial charge in [0, 0.05) is 22.3 Å². The maximum atomic E-state index is 17.6. The van der Waals surface area contributed by atoms with Crippen molar-refractivity contribution in [2.24, 2.45) is 22.7 Å². The lowest BCUT2D eigenvalue weighted by Crippen LogP contribution is -2.62. The van der Waals surface area contributed by atoms with Gasteiger partial charge in [0.15, 0.2) is 17.3 Å². The molecular weight excluding hydrogens is 769 g/mol. The topological polar surface area (TPSA) is 116 Å². The first-order chi connectivity index (χ1) is 29.8. The Morgan fingerprint density at radius 1 is 0.532 bits per heavy atom. The van der Waals surface area contributed by atoms with Crippen LogP contribution >= 0.6 is 0 Å². The maximum Gasteiger partial charge on any atom is 0.189 e. The Morgan fingerprint density at radius 2 is 0.871 bits per heavy atom. The van der Waals surface area contributed by atoms with E-state index in [4.69, 9.17) is 0 Å². The summed E-state index contributed by atoms with van der Waals surface area (Å²) >= 11 is 0. The Balaban J connectivity index is 1.46. The van der Waals surface area contributed by atoms with Crippen molar-refractivity contribution in [2.45, 2.75) is 77.4 Å². The van der Waals surface area contributed by atoms with E-state index in [1.807, 2.05) is 133 Å². The molecule has 4 aromatic rings. The van der Waals surface area contributed by atoms with Crippen molar-refractivity contribution in [2.75, 3.05) is 26.2 Å². The second-order valence-corrected chi connectivity index (χ2v) is 18.9. The summed E-state index contributed by atoms with van der Waals surface area (Å²) in [6.07, 6.45) is 6.96. The van der Waals surface area contributed by atoms with Gasteiger partial charge in [-0.3, -0.25) is 14.4 Å². The van der Waals surface area contributed by atoms with E-state index in [0.717, 1.165) is 37.1 Å². The fraction of sp³-hybridized carbons (Fsp3) is 0.364. The van der Waals surface area contributed by atoms with Crippen molar-refractivity contribution in [1.82, 2.24) is 10.6 Å². The minimum absolute atomic E-state index is 0.0458. The molecule has 0 amide bonds. The number of piperidine rings is 2. The Hall–Kier alpha value is -5.31. The van der Waals surface area contributed by atoms with Gasteiger partial charge in [-0.05, 0) is 138 Å². The summed E-state index contributed by atoms with van der Waals surface area (Å²) in [7, 11) is 0. The van der Waals surface area contributed by atoms with Crippen molar-refractivity contribution in [3.8, 4) is 0 Å². The number of carbonyl (C=O) groups excluding carboxylic acids is 3. The van der Waals surface area contributed by atoms with Crippen LogP contribution in [0.5, 0.6) is 0 Å². The van der Waals surface area contributed by atoms with Crippen LogP contribution in [0.4, 0.5) is 0 Å². The molecule has 4 atom stereocenters. The number of carbonyl (C=O) groups is 3. The third-order valence-electron chi connectivity index (χ3n) is 14.0. The zero-order valence-electron chi connectivity index (χ0n) is 36.5. The quantitative estimate of drug-likeness (QED) is 0.105. The monoisotopic (exact) mass is 828 g/mol. The Kier molecular flexibility index (Phi) is 12.2. The predicted molar refractivity (Wildman–Crippen MR) is 247 cm³/mol. The zero-order chi connectivity index (χ0) is 43.7. The lowest BCUT2D eigenvalue weighted by Gasteiger charge is -2.57. The summed E-state index contributed by atoms with van der Waals surface area (Å²) in [6.45, 7) is 9.58. The molecular formula is C55H60N2O5. The highest BCUT2D eigenvalue weighted by atomic mass is 16.3. The summed E-state index contributed by atoms with van der Waals surface area (Å²) in [5.74, 6) is -1.15. The van der Waals surface area contributed by atoms with Gasteiger partial charge < -0.3 is 20.8 Å². The molecule has 4 aliphatic rings.